The van der Waals surface area contributed by atoms with Crippen molar-refractivity contribution in [3.8, 4) is 5.88 Å². The molecule has 3 N–H and O–H groups in total. The van der Waals surface area contributed by atoms with Gasteiger partial charge in [0.05, 0.1) is 7.11 Å². The van der Waals surface area contributed by atoms with E-state index in [1.54, 1.807) is 25.4 Å². The Bertz CT molecular complexity index is 367. The maximum Gasteiger partial charge on any atom is 0.250 e. The monoisotopic (exact) mass is 239 g/mol. The number of hydrogen-bond donors (Lipinski definition) is 2. The summed E-state index contributed by atoms with van der Waals surface area (Å²) in [5.41, 5.74) is 6.28. The Balaban J connectivity index is 2.52. The molecule has 0 aliphatic rings. The van der Waals surface area contributed by atoms with Crippen LogP contribution in [-0.4, -0.2) is 37.8 Å². The summed E-state index contributed by atoms with van der Waals surface area (Å²) in [6.07, 6.45) is 1.01. The molecular formula is C11H17N3O3. The van der Waals surface area contributed by atoms with Crippen LogP contribution in [0, 0.1) is 0 Å². The molecule has 17 heavy (non-hydrogen) atoms. The zero-order chi connectivity index (χ0) is 12.7. The highest BCUT2D eigenvalue weighted by molar-refractivity contribution is 5.80. The van der Waals surface area contributed by atoms with Crippen LogP contribution in [0.15, 0.2) is 18.3 Å². The van der Waals surface area contributed by atoms with Crippen LogP contribution in [0.1, 0.15) is 5.56 Å². The van der Waals surface area contributed by atoms with Crippen LogP contribution in [0.25, 0.3) is 0 Å². The van der Waals surface area contributed by atoms with E-state index in [0.717, 1.165) is 5.56 Å². The van der Waals surface area contributed by atoms with Crippen LogP contribution in [0.2, 0.25) is 0 Å². The highest BCUT2D eigenvalue weighted by atomic mass is 16.5. The van der Waals surface area contributed by atoms with Crippen molar-refractivity contribution in [3.05, 3.63) is 23.9 Å². The van der Waals surface area contributed by atoms with E-state index in [1.807, 2.05) is 0 Å². The standard InChI is InChI=1S/C11H17N3O3/c1-16-9(6-12)11(15)14-7-8-3-4-13-10(5-8)17-2/h3-5,9H,6-7,12H2,1-2H3,(H,14,15). The van der Waals surface area contributed by atoms with Crippen molar-refractivity contribution in [3.63, 3.8) is 0 Å². The Morgan fingerprint density at radius 1 is 1.59 bits per heavy atom. The number of amides is 1. The van der Waals surface area contributed by atoms with Gasteiger partial charge >= 0.3 is 0 Å². The average Bonchev–Trinajstić information content (AvgIpc) is 2.38. The number of carbonyl (C=O) groups excluding carboxylic acids is 1. The molecule has 1 unspecified atom stereocenters. The van der Waals surface area contributed by atoms with E-state index in [0.29, 0.717) is 12.4 Å². The third-order valence-corrected chi connectivity index (χ3v) is 2.27. The van der Waals surface area contributed by atoms with Gasteiger partial charge in [0.1, 0.15) is 6.10 Å². The summed E-state index contributed by atoms with van der Waals surface area (Å²) in [5, 5.41) is 2.72. The summed E-state index contributed by atoms with van der Waals surface area (Å²) < 4.78 is 9.90. The smallest absolute Gasteiger partial charge is 0.250 e. The number of hydrogen-bond acceptors (Lipinski definition) is 5. The first-order valence-corrected chi connectivity index (χ1v) is 5.20. The van der Waals surface area contributed by atoms with Crippen molar-refractivity contribution in [2.45, 2.75) is 12.6 Å². The lowest BCUT2D eigenvalue weighted by Gasteiger charge is -2.13. The first-order valence-electron chi connectivity index (χ1n) is 5.20. The minimum absolute atomic E-state index is 0.155. The maximum absolute atomic E-state index is 11.6. The number of pyridine rings is 1. The lowest BCUT2D eigenvalue weighted by molar-refractivity contribution is -0.130. The van der Waals surface area contributed by atoms with E-state index in [2.05, 4.69) is 10.3 Å². The van der Waals surface area contributed by atoms with Crippen molar-refractivity contribution in [1.29, 1.82) is 0 Å². The first kappa shape index (κ1) is 13.4. The molecule has 6 nitrogen and oxygen atoms in total. The molecule has 0 spiro atoms. The number of aromatic nitrogens is 1. The van der Waals surface area contributed by atoms with Gasteiger partial charge in [-0.05, 0) is 11.6 Å². The number of carbonyl (C=O) groups is 1. The fraction of sp³-hybridized carbons (Fsp3) is 0.455. The van der Waals surface area contributed by atoms with Gasteiger partial charge in [-0.1, -0.05) is 0 Å². The average molecular weight is 239 g/mol. The number of rotatable bonds is 6. The summed E-state index contributed by atoms with van der Waals surface area (Å²) in [5.74, 6) is 0.282. The number of nitrogens with zero attached hydrogens (tertiary/aromatic N) is 1. The van der Waals surface area contributed by atoms with Crippen molar-refractivity contribution in [2.24, 2.45) is 5.73 Å². The zero-order valence-electron chi connectivity index (χ0n) is 9.97. The summed E-state index contributed by atoms with van der Waals surface area (Å²) in [7, 11) is 2.99. The zero-order valence-corrected chi connectivity index (χ0v) is 9.97. The molecule has 1 aromatic heterocycles. The Kier molecular flexibility index (Phi) is 5.38. The largest absolute Gasteiger partial charge is 0.481 e. The Hall–Kier alpha value is -1.66. The molecule has 0 fully saturated rings. The predicted octanol–water partition coefficient (Wildman–Crippen LogP) is -0.320. The Morgan fingerprint density at radius 3 is 2.94 bits per heavy atom. The van der Waals surface area contributed by atoms with Crippen molar-refractivity contribution >= 4 is 5.91 Å². The fourth-order valence-corrected chi connectivity index (χ4v) is 1.29. The first-order chi connectivity index (χ1) is 8.21. The van der Waals surface area contributed by atoms with Gasteiger partial charge in [0, 0.05) is 32.5 Å². The van der Waals surface area contributed by atoms with Gasteiger partial charge in [0.2, 0.25) is 5.88 Å². The van der Waals surface area contributed by atoms with E-state index in [4.69, 9.17) is 15.2 Å². The van der Waals surface area contributed by atoms with Crippen LogP contribution in [0.4, 0.5) is 0 Å². The molecule has 1 amide bonds. The summed E-state index contributed by atoms with van der Waals surface area (Å²) in [6.45, 7) is 0.541. The molecule has 6 heteroatoms. The fourth-order valence-electron chi connectivity index (χ4n) is 1.29. The molecule has 0 bridgehead atoms. The van der Waals surface area contributed by atoms with Crippen LogP contribution in [0.5, 0.6) is 5.88 Å². The second-order valence-electron chi connectivity index (χ2n) is 3.38. The third kappa shape index (κ3) is 4.01. The van der Waals surface area contributed by atoms with Crippen molar-refractivity contribution < 1.29 is 14.3 Å². The molecule has 0 saturated heterocycles. The Morgan fingerprint density at radius 2 is 2.35 bits per heavy atom. The lowest BCUT2D eigenvalue weighted by Crippen LogP contribution is -2.40. The molecule has 0 saturated carbocycles. The van der Waals surface area contributed by atoms with E-state index in [1.165, 1.54) is 7.11 Å². The number of nitrogens with one attached hydrogen (secondary N) is 1. The Labute approximate surface area is 100 Å². The summed E-state index contributed by atoms with van der Waals surface area (Å²) in [6, 6.07) is 3.55. The molecule has 0 aliphatic carbocycles. The molecule has 0 radical (unpaired) electrons. The molecule has 94 valence electrons. The van der Waals surface area contributed by atoms with Gasteiger partial charge in [0.25, 0.3) is 5.91 Å². The van der Waals surface area contributed by atoms with Crippen LogP contribution < -0.4 is 15.8 Å². The topological polar surface area (TPSA) is 86.5 Å². The van der Waals surface area contributed by atoms with Gasteiger partial charge in [-0.3, -0.25) is 4.79 Å². The normalized spacial score (nSPS) is 11.9. The van der Waals surface area contributed by atoms with Gasteiger partial charge in [-0.15, -0.1) is 0 Å². The van der Waals surface area contributed by atoms with Crippen LogP contribution in [-0.2, 0) is 16.1 Å². The SMILES string of the molecule is COc1cc(CNC(=O)C(CN)OC)ccn1. The van der Waals surface area contributed by atoms with E-state index in [9.17, 15) is 4.79 Å². The van der Waals surface area contributed by atoms with Gasteiger partial charge in [0.15, 0.2) is 0 Å². The number of methoxy groups -OCH3 is 2. The molecule has 1 atom stereocenters. The highest BCUT2D eigenvalue weighted by Gasteiger charge is 2.14. The summed E-state index contributed by atoms with van der Waals surface area (Å²) >= 11 is 0. The van der Waals surface area contributed by atoms with Crippen LogP contribution in [0.3, 0.4) is 0 Å². The predicted molar refractivity (Wildman–Crippen MR) is 62.5 cm³/mol. The number of nitrogens with two attached hydrogens (primary N) is 1. The van der Waals surface area contributed by atoms with Gasteiger partial charge in [-0.25, -0.2) is 4.98 Å². The van der Waals surface area contributed by atoms with E-state index >= 15 is 0 Å². The van der Waals surface area contributed by atoms with Gasteiger partial charge < -0.3 is 20.5 Å². The molecule has 0 aliphatic heterocycles. The molecule has 1 aromatic rings. The third-order valence-electron chi connectivity index (χ3n) is 2.27. The molecule has 1 rings (SSSR count). The summed E-state index contributed by atoms with van der Waals surface area (Å²) in [4.78, 5) is 15.5. The maximum atomic E-state index is 11.6. The highest BCUT2D eigenvalue weighted by Crippen LogP contribution is 2.08. The minimum atomic E-state index is -0.612. The second-order valence-corrected chi connectivity index (χ2v) is 3.38. The van der Waals surface area contributed by atoms with E-state index in [-0.39, 0.29) is 12.5 Å². The molecule has 0 aromatic carbocycles. The van der Waals surface area contributed by atoms with Crippen LogP contribution >= 0.6 is 0 Å². The van der Waals surface area contributed by atoms with Gasteiger partial charge in [-0.2, -0.15) is 0 Å². The lowest BCUT2D eigenvalue weighted by atomic mass is 10.2. The quantitative estimate of drug-likeness (QED) is 0.710. The second kappa shape index (κ2) is 6.82. The van der Waals surface area contributed by atoms with E-state index < -0.39 is 6.10 Å². The van der Waals surface area contributed by atoms with Crippen molar-refractivity contribution in [1.82, 2.24) is 10.3 Å². The van der Waals surface area contributed by atoms with Crippen molar-refractivity contribution in [2.75, 3.05) is 20.8 Å². The number of ether oxygens (including phenoxy) is 2. The molecular weight excluding hydrogens is 222 g/mol. The minimum Gasteiger partial charge on any atom is -0.481 e. The molecule has 1 heterocycles.